The van der Waals surface area contributed by atoms with E-state index in [0.29, 0.717) is 13.2 Å². The van der Waals surface area contributed by atoms with E-state index < -0.39 is 0 Å². The molecular formula is C16H27N3O2. The maximum atomic E-state index is 11.9. The zero-order chi connectivity index (χ0) is 15.5. The quantitative estimate of drug-likeness (QED) is 0.662. The number of rotatable bonds is 10. The molecule has 5 heteroatoms. The molecule has 0 bridgehead atoms. The number of likely N-dealkylation sites (N-methyl/N-ethyl adjacent to an activating group) is 1. The van der Waals surface area contributed by atoms with Gasteiger partial charge in [0.2, 0.25) is 0 Å². The summed E-state index contributed by atoms with van der Waals surface area (Å²) in [4.78, 5) is 18.4. The number of nitrogens with one attached hydrogen (secondary N) is 1. The molecule has 0 aliphatic carbocycles. The van der Waals surface area contributed by atoms with Crippen LogP contribution in [0.3, 0.4) is 0 Å². The molecule has 0 aliphatic rings. The van der Waals surface area contributed by atoms with Crippen LogP contribution < -0.4 is 5.32 Å². The number of hydrogen-bond acceptors (Lipinski definition) is 5. The van der Waals surface area contributed by atoms with Gasteiger partial charge >= 0.3 is 5.97 Å². The third-order valence-electron chi connectivity index (χ3n) is 3.18. The lowest BCUT2D eigenvalue weighted by atomic mass is 10.2. The molecule has 0 radical (unpaired) electrons. The molecule has 0 amide bonds. The van der Waals surface area contributed by atoms with Crippen molar-refractivity contribution in [2.75, 3.05) is 33.3 Å². The minimum absolute atomic E-state index is 0.171. The molecule has 5 nitrogen and oxygen atoms in total. The molecule has 1 heterocycles. The van der Waals surface area contributed by atoms with Crippen molar-refractivity contribution in [2.24, 2.45) is 0 Å². The lowest BCUT2D eigenvalue weighted by Gasteiger charge is -2.23. The molecule has 1 unspecified atom stereocenters. The Balaban J connectivity index is 2.43. The van der Waals surface area contributed by atoms with Gasteiger partial charge in [-0.15, -0.1) is 0 Å². The number of nitrogens with zero attached hydrogens (tertiary/aromatic N) is 2. The highest BCUT2D eigenvalue weighted by Gasteiger charge is 2.20. The smallest absolute Gasteiger partial charge is 0.324 e. The minimum atomic E-state index is -0.265. The predicted octanol–water partition coefficient (Wildman–Crippen LogP) is 1.49. The van der Waals surface area contributed by atoms with Crippen LogP contribution in [0.1, 0.15) is 26.0 Å². The summed E-state index contributed by atoms with van der Waals surface area (Å²) in [6, 6.07) is 5.66. The van der Waals surface area contributed by atoms with Crippen LogP contribution in [0.25, 0.3) is 0 Å². The number of carbonyl (C=O) groups is 1. The van der Waals surface area contributed by atoms with E-state index in [1.165, 1.54) is 0 Å². The fourth-order valence-electron chi connectivity index (χ4n) is 2.04. The minimum Gasteiger partial charge on any atom is -0.465 e. The Morgan fingerprint density at radius 2 is 2.24 bits per heavy atom. The first kappa shape index (κ1) is 17.6. The van der Waals surface area contributed by atoms with Crippen LogP contribution >= 0.6 is 0 Å². The van der Waals surface area contributed by atoms with Gasteiger partial charge in [0, 0.05) is 31.4 Å². The van der Waals surface area contributed by atoms with Crippen LogP contribution in [-0.2, 0) is 16.0 Å². The predicted molar refractivity (Wildman–Crippen MR) is 84.2 cm³/mol. The van der Waals surface area contributed by atoms with Gasteiger partial charge in [-0.1, -0.05) is 13.0 Å². The Bertz CT molecular complexity index is 398. The van der Waals surface area contributed by atoms with Crippen molar-refractivity contribution in [1.29, 1.82) is 0 Å². The Morgan fingerprint density at radius 1 is 1.43 bits per heavy atom. The van der Waals surface area contributed by atoms with Crippen molar-refractivity contribution in [1.82, 2.24) is 15.2 Å². The second kappa shape index (κ2) is 10.3. The summed E-state index contributed by atoms with van der Waals surface area (Å²) in [5.41, 5.74) is 1.07. The van der Waals surface area contributed by atoms with E-state index in [2.05, 4.69) is 22.1 Å². The number of aromatic nitrogens is 1. The zero-order valence-corrected chi connectivity index (χ0v) is 13.3. The van der Waals surface area contributed by atoms with Gasteiger partial charge in [-0.05, 0) is 39.1 Å². The number of hydrogen-bond donors (Lipinski definition) is 1. The van der Waals surface area contributed by atoms with Crippen molar-refractivity contribution in [3.63, 3.8) is 0 Å². The van der Waals surface area contributed by atoms with Crippen LogP contribution in [0, 0.1) is 0 Å². The van der Waals surface area contributed by atoms with Crippen LogP contribution in [-0.4, -0.2) is 55.2 Å². The van der Waals surface area contributed by atoms with Gasteiger partial charge in [0.1, 0.15) is 6.04 Å². The van der Waals surface area contributed by atoms with Gasteiger partial charge in [-0.25, -0.2) is 0 Å². The first-order chi connectivity index (χ1) is 10.2. The third-order valence-corrected chi connectivity index (χ3v) is 3.18. The van der Waals surface area contributed by atoms with Gasteiger partial charge in [0.25, 0.3) is 0 Å². The first-order valence-corrected chi connectivity index (χ1v) is 7.65. The SMILES string of the molecule is CCCNC(CN(C)CCc1ccccn1)C(=O)OCC. The molecule has 0 aliphatic heterocycles. The molecule has 1 atom stereocenters. The Kier molecular flexibility index (Phi) is 8.62. The van der Waals surface area contributed by atoms with Gasteiger partial charge in [-0.3, -0.25) is 9.78 Å². The van der Waals surface area contributed by atoms with Crippen LogP contribution in [0.4, 0.5) is 0 Å². The van der Waals surface area contributed by atoms with Crippen LogP contribution in [0.5, 0.6) is 0 Å². The molecule has 21 heavy (non-hydrogen) atoms. The first-order valence-electron chi connectivity index (χ1n) is 7.65. The van der Waals surface area contributed by atoms with Crippen molar-refractivity contribution in [3.8, 4) is 0 Å². The van der Waals surface area contributed by atoms with Crippen LogP contribution in [0.2, 0.25) is 0 Å². The maximum absolute atomic E-state index is 11.9. The normalized spacial score (nSPS) is 12.4. The monoisotopic (exact) mass is 293 g/mol. The molecule has 1 rings (SSSR count). The molecule has 0 saturated heterocycles. The van der Waals surface area contributed by atoms with E-state index >= 15 is 0 Å². The highest BCUT2D eigenvalue weighted by atomic mass is 16.5. The molecular weight excluding hydrogens is 266 g/mol. The Labute approximate surface area is 127 Å². The molecule has 1 N–H and O–H groups in total. The van der Waals surface area contributed by atoms with Gasteiger partial charge in [0.15, 0.2) is 0 Å². The van der Waals surface area contributed by atoms with E-state index in [4.69, 9.17) is 4.74 Å². The highest BCUT2D eigenvalue weighted by Crippen LogP contribution is 1.99. The molecule has 0 aromatic carbocycles. The van der Waals surface area contributed by atoms with Crippen molar-refractivity contribution < 1.29 is 9.53 Å². The second-order valence-electron chi connectivity index (χ2n) is 5.09. The van der Waals surface area contributed by atoms with Crippen molar-refractivity contribution in [2.45, 2.75) is 32.7 Å². The number of pyridine rings is 1. The summed E-state index contributed by atoms with van der Waals surface area (Å²) in [5, 5.41) is 3.25. The summed E-state index contributed by atoms with van der Waals surface area (Å²) in [7, 11) is 2.02. The molecule has 0 fully saturated rings. The molecule has 118 valence electrons. The summed E-state index contributed by atoms with van der Waals surface area (Å²) in [5.74, 6) is -0.171. The van der Waals surface area contributed by atoms with Gasteiger partial charge < -0.3 is 15.0 Å². The largest absolute Gasteiger partial charge is 0.465 e. The lowest BCUT2D eigenvalue weighted by molar-refractivity contribution is -0.146. The van der Waals surface area contributed by atoms with Gasteiger partial charge in [0.05, 0.1) is 6.61 Å². The Hall–Kier alpha value is -1.46. The lowest BCUT2D eigenvalue weighted by Crippen LogP contribution is -2.46. The van der Waals surface area contributed by atoms with E-state index in [-0.39, 0.29) is 12.0 Å². The number of ether oxygens (including phenoxy) is 1. The van der Waals surface area contributed by atoms with Crippen LogP contribution in [0.15, 0.2) is 24.4 Å². The van der Waals surface area contributed by atoms with E-state index in [1.54, 1.807) is 6.20 Å². The van der Waals surface area contributed by atoms with E-state index in [0.717, 1.165) is 31.6 Å². The highest BCUT2D eigenvalue weighted by molar-refractivity contribution is 5.76. The van der Waals surface area contributed by atoms with E-state index in [9.17, 15) is 4.79 Å². The molecule has 0 saturated carbocycles. The standard InChI is InChI=1S/C16H27N3O2/c1-4-10-18-15(16(20)21-5-2)13-19(3)12-9-14-8-6-7-11-17-14/h6-8,11,15,18H,4-5,9-10,12-13H2,1-3H3. The average Bonchev–Trinajstić information content (AvgIpc) is 2.50. The summed E-state index contributed by atoms with van der Waals surface area (Å²) in [6.07, 6.45) is 3.67. The second-order valence-corrected chi connectivity index (χ2v) is 5.09. The molecule has 0 spiro atoms. The van der Waals surface area contributed by atoms with Crippen molar-refractivity contribution in [3.05, 3.63) is 30.1 Å². The summed E-state index contributed by atoms with van der Waals surface area (Å²) < 4.78 is 5.12. The average molecular weight is 293 g/mol. The third kappa shape index (κ3) is 7.20. The maximum Gasteiger partial charge on any atom is 0.324 e. The Morgan fingerprint density at radius 3 is 2.86 bits per heavy atom. The topological polar surface area (TPSA) is 54.5 Å². The molecule has 1 aromatic heterocycles. The summed E-state index contributed by atoms with van der Waals surface area (Å²) in [6.45, 7) is 6.66. The zero-order valence-electron chi connectivity index (χ0n) is 13.3. The fraction of sp³-hybridized carbons (Fsp3) is 0.625. The fourth-order valence-corrected chi connectivity index (χ4v) is 2.04. The van der Waals surface area contributed by atoms with Crippen molar-refractivity contribution >= 4 is 5.97 Å². The van der Waals surface area contributed by atoms with Gasteiger partial charge in [-0.2, -0.15) is 0 Å². The molecule has 1 aromatic rings. The number of carbonyl (C=O) groups excluding carboxylic acids is 1. The summed E-state index contributed by atoms with van der Waals surface area (Å²) >= 11 is 0. The van der Waals surface area contributed by atoms with E-state index in [1.807, 2.05) is 32.2 Å². The number of esters is 1.